The highest BCUT2D eigenvalue weighted by Crippen LogP contribution is 2.42. The van der Waals surface area contributed by atoms with Gasteiger partial charge in [0.25, 0.3) is 0 Å². The van der Waals surface area contributed by atoms with Crippen LogP contribution in [0.2, 0.25) is 0 Å². The van der Waals surface area contributed by atoms with Crippen LogP contribution in [0.1, 0.15) is 29.9 Å². The van der Waals surface area contributed by atoms with Crippen molar-refractivity contribution in [1.82, 2.24) is 5.32 Å². The number of hydrogen-bond acceptors (Lipinski definition) is 2. The van der Waals surface area contributed by atoms with Crippen LogP contribution in [0.25, 0.3) is 0 Å². The molecule has 2 heterocycles. The van der Waals surface area contributed by atoms with Gasteiger partial charge in [0.1, 0.15) is 0 Å². The number of amides is 1. The summed E-state index contributed by atoms with van der Waals surface area (Å²) in [6, 6.07) is 6.39. The minimum absolute atomic E-state index is 0.166. The van der Waals surface area contributed by atoms with Crippen LogP contribution in [-0.2, 0) is 4.79 Å². The van der Waals surface area contributed by atoms with E-state index in [1.807, 2.05) is 11.9 Å². The largest absolute Gasteiger partial charge is 0.316 e. The maximum Gasteiger partial charge on any atom is 0.230 e. The molecule has 0 saturated carbocycles. The van der Waals surface area contributed by atoms with E-state index >= 15 is 0 Å². The number of nitrogens with one attached hydrogen (secondary N) is 1. The molecule has 1 amide bonds. The van der Waals surface area contributed by atoms with E-state index in [1.165, 1.54) is 11.1 Å². The van der Waals surface area contributed by atoms with Crippen molar-refractivity contribution < 1.29 is 4.79 Å². The molecule has 0 spiro atoms. The predicted octanol–water partition coefficient (Wildman–Crippen LogP) is 2.05. The zero-order valence-corrected chi connectivity index (χ0v) is 11.1. The van der Waals surface area contributed by atoms with E-state index in [0.717, 1.165) is 31.6 Å². The van der Waals surface area contributed by atoms with Crippen molar-refractivity contribution in [3.63, 3.8) is 0 Å². The van der Waals surface area contributed by atoms with Crippen molar-refractivity contribution in [3.05, 3.63) is 29.3 Å². The van der Waals surface area contributed by atoms with Gasteiger partial charge in [-0.05, 0) is 37.4 Å². The number of carbonyl (C=O) groups excluding carboxylic acids is 1. The molecule has 1 saturated heterocycles. The Hall–Kier alpha value is -1.35. The SMILES string of the molecule is Cc1cccc2c1N(C)C(=O)C1CCCNCC21. The zero-order valence-electron chi connectivity index (χ0n) is 11.1. The lowest BCUT2D eigenvalue weighted by molar-refractivity contribution is -0.123. The molecule has 18 heavy (non-hydrogen) atoms. The smallest absolute Gasteiger partial charge is 0.230 e. The van der Waals surface area contributed by atoms with Crippen LogP contribution in [0.3, 0.4) is 0 Å². The first-order valence-electron chi connectivity index (χ1n) is 6.78. The highest BCUT2D eigenvalue weighted by atomic mass is 16.2. The fourth-order valence-electron chi connectivity index (χ4n) is 3.47. The number of anilines is 1. The van der Waals surface area contributed by atoms with Gasteiger partial charge in [0, 0.05) is 31.1 Å². The van der Waals surface area contributed by atoms with E-state index in [1.54, 1.807) is 0 Å². The molecule has 96 valence electrons. The monoisotopic (exact) mass is 244 g/mol. The summed E-state index contributed by atoms with van der Waals surface area (Å²) in [5.41, 5.74) is 3.68. The van der Waals surface area contributed by atoms with Crippen LogP contribution < -0.4 is 10.2 Å². The Morgan fingerprint density at radius 2 is 2.17 bits per heavy atom. The molecule has 3 nitrogen and oxygen atoms in total. The third-order valence-electron chi connectivity index (χ3n) is 4.37. The Bertz CT molecular complexity index is 483. The molecule has 1 aromatic rings. The van der Waals surface area contributed by atoms with Crippen LogP contribution in [-0.4, -0.2) is 26.0 Å². The maximum atomic E-state index is 12.5. The van der Waals surface area contributed by atoms with Gasteiger partial charge >= 0.3 is 0 Å². The maximum absolute atomic E-state index is 12.5. The Morgan fingerprint density at radius 3 is 3.00 bits per heavy atom. The summed E-state index contributed by atoms with van der Waals surface area (Å²) in [6.07, 6.45) is 2.11. The zero-order chi connectivity index (χ0) is 12.7. The molecule has 2 aliphatic rings. The van der Waals surface area contributed by atoms with Gasteiger partial charge in [-0.3, -0.25) is 4.79 Å². The molecule has 3 rings (SSSR count). The summed E-state index contributed by atoms with van der Waals surface area (Å²) < 4.78 is 0. The Labute approximate surface area is 108 Å². The van der Waals surface area contributed by atoms with E-state index in [4.69, 9.17) is 0 Å². The van der Waals surface area contributed by atoms with Crippen LogP contribution in [0.4, 0.5) is 5.69 Å². The normalized spacial score (nSPS) is 27.4. The molecular weight excluding hydrogens is 224 g/mol. The summed E-state index contributed by atoms with van der Waals surface area (Å²) >= 11 is 0. The van der Waals surface area contributed by atoms with Gasteiger partial charge in [0.05, 0.1) is 0 Å². The first kappa shape index (κ1) is 11.7. The van der Waals surface area contributed by atoms with E-state index in [2.05, 4.69) is 30.4 Å². The molecule has 2 unspecified atom stereocenters. The molecule has 1 fully saturated rings. The van der Waals surface area contributed by atoms with Gasteiger partial charge in [-0.1, -0.05) is 18.2 Å². The first-order valence-corrected chi connectivity index (χ1v) is 6.78. The lowest BCUT2D eigenvalue weighted by atomic mass is 9.78. The second-order valence-electron chi connectivity index (χ2n) is 5.47. The number of carbonyl (C=O) groups is 1. The first-order chi connectivity index (χ1) is 8.70. The summed E-state index contributed by atoms with van der Waals surface area (Å²) in [7, 11) is 1.92. The minimum atomic E-state index is 0.166. The highest BCUT2D eigenvalue weighted by molar-refractivity contribution is 5.99. The molecule has 0 bridgehead atoms. The van der Waals surface area contributed by atoms with Crippen molar-refractivity contribution in [2.45, 2.75) is 25.7 Å². The number of para-hydroxylation sites is 1. The number of aryl methyl sites for hydroxylation is 1. The number of fused-ring (bicyclic) bond motifs is 3. The third kappa shape index (κ3) is 1.65. The number of nitrogens with zero attached hydrogens (tertiary/aromatic N) is 1. The lowest BCUT2D eigenvalue weighted by Crippen LogP contribution is -2.42. The summed E-state index contributed by atoms with van der Waals surface area (Å²) in [4.78, 5) is 14.4. The molecule has 0 aromatic heterocycles. The van der Waals surface area contributed by atoms with Gasteiger partial charge in [-0.25, -0.2) is 0 Å². The Kier molecular flexibility index (Phi) is 2.86. The Balaban J connectivity index is 2.13. The second-order valence-corrected chi connectivity index (χ2v) is 5.47. The van der Waals surface area contributed by atoms with Crippen molar-refractivity contribution in [2.24, 2.45) is 5.92 Å². The van der Waals surface area contributed by atoms with Gasteiger partial charge in [0.15, 0.2) is 0 Å². The molecule has 0 radical (unpaired) electrons. The number of benzene rings is 1. The van der Waals surface area contributed by atoms with Gasteiger partial charge < -0.3 is 10.2 Å². The van der Waals surface area contributed by atoms with Crippen molar-refractivity contribution in [3.8, 4) is 0 Å². The molecular formula is C15H20N2O. The predicted molar refractivity (Wildman–Crippen MR) is 72.9 cm³/mol. The van der Waals surface area contributed by atoms with Crippen LogP contribution in [0.5, 0.6) is 0 Å². The summed E-state index contributed by atoms with van der Waals surface area (Å²) in [5, 5.41) is 3.47. The molecule has 3 heteroatoms. The van der Waals surface area contributed by atoms with E-state index < -0.39 is 0 Å². The molecule has 1 aromatic carbocycles. The quantitative estimate of drug-likeness (QED) is 0.757. The molecule has 0 aliphatic carbocycles. The fourth-order valence-corrected chi connectivity index (χ4v) is 3.47. The average Bonchev–Trinajstić information content (AvgIpc) is 2.61. The molecule has 1 N–H and O–H groups in total. The standard InChI is InChI=1S/C15H20N2O/c1-10-5-3-6-11-13-9-16-8-4-7-12(13)15(18)17(2)14(10)11/h3,5-6,12-13,16H,4,7-9H2,1-2H3. The van der Waals surface area contributed by atoms with Crippen molar-refractivity contribution in [2.75, 3.05) is 25.0 Å². The van der Waals surface area contributed by atoms with E-state index in [9.17, 15) is 4.79 Å². The van der Waals surface area contributed by atoms with Gasteiger partial charge in [0.2, 0.25) is 5.91 Å². The van der Waals surface area contributed by atoms with Crippen molar-refractivity contribution in [1.29, 1.82) is 0 Å². The Morgan fingerprint density at radius 1 is 1.33 bits per heavy atom. The summed E-state index contributed by atoms with van der Waals surface area (Å²) in [6.45, 7) is 4.05. The summed E-state index contributed by atoms with van der Waals surface area (Å²) in [5.74, 6) is 0.816. The number of hydrogen-bond donors (Lipinski definition) is 1. The molecule has 2 atom stereocenters. The third-order valence-corrected chi connectivity index (χ3v) is 4.37. The lowest BCUT2D eigenvalue weighted by Gasteiger charge is -2.37. The van der Waals surface area contributed by atoms with Gasteiger partial charge in [-0.15, -0.1) is 0 Å². The van der Waals surface area contributed by atoms with E-state index in [0.29, 0.717) is 11.8 Å². The molecule has 2 aliphatic heterocycles. The fraction of sp³-hybridized carbons (Fsp3) is 0.533. The van der Waals surface area contributed by atoms with Crippen LogP contribution in [0, 0.1) is 12.8 Å². The average molecular weight is 244 g/mol. The van der Waals surface area contributed by atoms with E-state index in [-0.39, 0.29) is 5.92 Å². The van der Waals surface area contributed by atoms with Gasteiger partial charge in [-0.2, -0.15) is 0 Å². The second kappa shape index (κ2) is 4.39. The highest BCUT2D eigenvalue weighted by Gasteiger charge is 2.39. The van der Waals surface area contributed by atoms with Crippen LogP contribution in [0.15, 0.2) is 18.2 Å². The van der Waals surface area contributed by atoms with Crippen LogP contribution >= 0.6 is 0 Å². The topological polar surface area (TPSA) is 32.3 Å². The van der Waals surface area contributed by atoms with Crippen molar-refractivity contribution >= 4 is 11.6 Å². The number of rotatable bonds is 0. The minimum Gasteiger partial charge on any atom is -0.316 e.